The van der Waals surface area contributed by atoms with Gasteiger partial charge in [0, 0.05) is 5.56 Å². The minimum absolute atomic E-state index is 0.132. The number of nitrogen functional groups attached to an aromatic ring is 1. The van der Waals surface area contributed by atoms with Crippen LogP contribution in [0.3, 0.4) is 0 Å². The van der Waals surface area contributed by atoms with E-state index in [4.69, 9.17) is 21.9 Å². The van der Waals surface area contributed by atoms with Crippen LogP contribution in [0.5, 0.6) is 0 Å². The van der Waals surface area contributed by atoms with Crippen molar-refractivity contribution >= 4 is 17.5 Å². The fraction of sp³-hybridized carbons (Fsp3) is 0.438. The Labute approximate surface area is 128 Å². The summed E-state index contributed by atoms with van der Waals surface area (Å²) in [5.41, 5.74) is 7.39. The van der Waals surface area contributed by atoms with Crippen LogP contribution < -0.4 is 5.73 Å². The highest BCUT2D eigenvalue weighted by atomic mass is 35.5. The summed E-state index contributed by atoms with van der Waals surface area (Å²) in [6, 6.07) is 4.60. The average molecular weight is 309 g/mol. The molecule has 0 saturated heterocycles. The third-order valence-corrected chi connectivity index (χ3v) is 4.52. The van der Waals surface area contributed by atoms with Crippen molar-refractivity contribution in [2.24, 2.45) is 5.92 Å². The van der Waals surface area contributed by atoms with Gasteiger partial charge in [0.2, 0.25) is 5.88 Å². The van der Waals surface area contributed by atoms with Crippen LogP contribution in [-0.4, -0.2) is 5.16 Å². The molecule has 0 atom stereocenters. The zero-order chi connectivity index (χ0) is 14.8. The third kappa shape index (κ3) is 2.91. The Morgan fingerprint density at radius 1 is 1.24 bits per heavy atom. The van der Waals surface area contributed by atoms with Gasteiger partial charge < -0.3 is 10.3 Å². The number of hydrogen-bond acceptors (Lipinski definition) is 3. The van der Waals surface area contributed by atoms with Crippen molar-refractivity contribution in [3.8, 4) is 11.1 Å². The zero-order valence-electron chi connectivity index (χ0n) is 11.7. The lowest BCUT2D eigenvalue weighted by Gasteiger charge is -2.20. The van der Waals surface area contributed by atoms with Gasteiger partial charge in [-0.15, -0.1) is 0 Å². The van der Waals surface area contributed by atoms with Crippen LogP contribution in [0.25, 0.3) is 11.1 Å². The lowest BCUT2D eigenvalue weighted by Crippen LogP contribution is -2.10. The molecule has 3 nitrogen and oxygen atoms in total. The molecule has 0 bridgehead atoms. The van der Waals surface area contributed by atoms with Crippen LogP contribution in [0.2, 0.25) is 5.02 Å². The molecule has 0 spiro atoms. The molecule has 2 N–H and O–H groups in total. The summed E-state index contributed by atoms with van der Waals surface area (Å²) in [7, 11) is 0. The van der Waals surface area contributed by atoms with Gasteiger partial charge in [0.25, 0.3) is 0 Å². The minimum Gasteiger partial charge on any atom is -0.367 e. The van der Waals surface area contributed by atoms with Gasteiger partial charge in [-0.1, -0.05) is 54.9 Å². The second kappa shape index (κ2) is 6.06. The Balaban J connectivity index is 1.97. The standard InChI is InChI=1S/C16H18ClFN2O/c17-11-7-4-8-12(18)14(11)15-13(20-21-16(15)19)9-10-5-2-1-3-6-10/h4,7-8,10H,1-3,5-6,9,19H2. The Hall–Kier alpha value is -1.55. The maximum atomic E-state index is 14.1. The fourth-order valence-electron chi connectivity index (χ4n) is 3.15. The lowest BCUT2D eigenvalue weighted by atomic mass is 9.85. The Morgan fingerprint density at radius 3 is 2.71 bits per heavy atom. The van der Waals surface area contributed by atoms with Crippen LogP contribution in [-0.2, 0) is 6.42 Å². The maximum absolute atomic E-state index is 14.1. The van der Waals surface area contributed by atoms with Gasteiger partial charge in [0.15, 0.2) is 0 Å². The molecule has 2 aromatic rings. The number of hydrogen-bond donors (Lipinski definition) is 1. The molecule has 5 heteroatoms. The van der Waals surface area contributed by atoms with Gasteiger partial charge >= 0.3 is 0 Å². The van der Waals surface area contributed by atoms with E-state index in [1.165, 1.54) is 38.2 Å². The topological polar surface area (TPSA) is 52.0 Å². The molecule has 0 aliphatic heterocycles. The number of benzene rings is 1. The number of nitrogens with two attached hydrogens (primary N) is 1. The average Bonchev–Trinajstić information content (AvgIpc) is 2.82. The van der Waals surface area contributed by atoms with E-state index in [9.17, 15) is 4.39 Å². The van der Waals surface area contributed by atoms with E-state index in [1.54, 1.807) is 12.1 Å². The number of halogens is 2. The quantitative estimate of drug-likeness (QED) is 0.882. The van der Waals surface area contributed by atoms with E-state index >= 15 is 0 Å². The molecule has 3 rings (SSSR count). The normalized spacial score (nSPS) is 16.3. The van der Waals surface area contributed by atoms with Gasteiger partial charge in [-0.25, -0.2) is 4.39 Å². The van der Waals surface area contributed by atoms with Crippen LogP contribution >= 0.6 is 11.6 Å². The zero-order valence-corrected chi connectivity index (χ0v) is 12.5. The van der Waals surface area contributed by atoms with Gasteiger partial charge in [-0.3, -0.25) is 0 Å². The highest BCUT2D eigenvalue weighted by Crippen LogP contribution is 2.38. The van der Waals surface area contributed by atoms with Crippen LogP contribution in [0.4, 0.5) is 10.3 Å². The summed E-state index contributed by atoms with van der Waals surface area (Å²) < 4.78 is 19.2. The Morgan fingerprint density at radius 2 is 2.00 bits per heavy atom. The lowest BCUT2D eigenvalue weighted by molar-refractivity contribution is 0.345. The predicted molar refractivity (Wildman–Crippen MR) is 81.6 cm³/mol. The molecular formula is C16H18ClFN2O. The number of rotatable bonds is 3. The van der Waals surface area contributed by atoms with Crippen LogP contribution in [0.15, 0.2) is 22.7 Å². The van der Waals surface area contributed by atoms with Crippen molar-refractivity contribution in [2.45, 2.75) is 38.5 Å². The van der Waals surface area contributed by atoms with E-state index < -0.39 is 5.82 Å². The Kier molecular flexibility index (Phi) is 4.15. The number of nitrogens with zero attached hydrogens (tertiary/aromatic N) is 1. The predicted octanol–water partition coefficient (Wildman–Crippen LogP) is 4.84. The second-order valence-electron chi connectivity index (χ2n) is 5.67. The van der Waals surface area contributed by atoms with Crippen LogP contribution in [0.1, 0.15) is 37.8 Å². The molecule has 1 saturated carbocycles. The first-order valence-corrected chi connectivity index (χ1v) is 7.73. The third-order valence-electron chi connectivity index (χ3n) is 4.21. The molecule has 112 valence electrons. The summed E-state index contributed by atoms with van der Waals surface area (Å²) in [5.74, 6) is 0.294. The number of aromatic nitrogens is 1. The SMILES string of the molecule is Nc1onc(CC2CCCCC2)c1-c1c(F)cccc1Cl. The summed E-state index contributed by atoms with van der Waals surface area (Å²) in [6.07, 6.45) is 6.90. The molecule has 21 heavy (non-hydrogen) atoms. The molecule has 1 aromatic heterocycles. The highest BCUT2D eigenvalue weighted by Gasteiger charge is 2.24. The van der Waals surface area contributed by atoms with Crippen molar-refractivity contribution < 1.29 is 8.91 Å². The van der Waals surface area contributed by atoms with Crippen molar-refractivity contribution in [3.63, 3.8) is 0 Å². The first-order valence-electron chi connectivity index (χ1n) is 7.35. The van der Waals surface area contributed by atoms with Gasteiger partial charge in [0.1, 0.15) is 5.82 Å². The van der Waals surface area contributed by atoms with Crippen molar-refractivity contribution in [1.82, 2.24) is 5.16 Å². The smallest absolute Gasteiger partial charge is 0.230 e. The summed E-state index contributed by atoms with van der Waals surface area (Å²) >= 11 is 6.14. The molecule has 1 aromatic carbocycles. The van der Waals surface area contributed by atoms with Gasteiger partial charge in [-0.2, -0.15) is 0 Å². The number of anilines is 1. The molecule has 1 aliphatic rings. The first kappa shape index (κ1) is 14.4. The second-order valence-corrected chi connectivity index (χ2v) is 6.08. The Bertz CT molecular complexity index is 615. The van der Waals surface area contributed by atoms with E-state index in [-0.39, 0.29) is 5.88 Å². The largest absolute Gasteiger partial charge is 0.367 e. The molecule has 0 unspecified atom stereocenters. The summed E-state index contributed by atoms with van der Waals surface area (Å²) in [5, 5.41) is 4.37. The fourth-order valence-corrected chi connectivity index (χ4v) is 3.40. The molecular weight excluding hydrogens is 291 g/mol. The minimum atomic E-state index is -0.401. The molecule has 1 aliphatic carbocycles. The first-order chi connectivity index (χ1) is 10.2. The van der Waals surface area contributed by atoms with E-state index in [2.05, 4.69) is 5.16 Å². The van der Waals surface area contributed by atoms with Gasteiger partial charge in [0.05, 0.1) is 16.3 Å². The molecule has 0 radical (unpaired) electrons. The van der Waals surface area contributed by atoms with E-state index in [1.807, 2.05) is 0 Å². The molecule has 0 amide bonds. The highest BCUT2D eigenvalue weighted by molar-refractivity contribution is 6.33. The van der Waals surface area contributed by atoms with Gasteiger partial charge in [-0.05, 0) is 24.5 Å². The van der Waals surface area contributed by atoms with Crippen molar-refractivity contribution in [2.75, 3.05) is 5.73 Å². The van der Waals surface area contributed by atoms with E-state index in [0.29, 0.717) is 27.8 Å². The molecule has 1 fully saturated rings. The molecule has 1 heterocycles. The van der Waals surface area contributed by atoms with Crippen LogP contribution in [0, 0.1) is 11.7 Å². The summed E-state index contributed by atoms with van der Waals surface area (Å²) in [6.45, 7) is 0. The van der Waals surface area contributed by atoms with Crippen molar-refractivity contribution in [1.29, 1.82) is 0 Å². The summed E-state index contributed by atoms with van der Waals surface area (Å²) in [4.78, 5) is 0. The van der Waals surface area contributed by atoms with Crippen molar-refractivity contribution in [3.05, 3.63) is 34.7 Å². The monoisotopic (exact) mass is 308 g/mol. The maximum Gasteiger partial charge on any atom is 0.230 e. The van der Waals surface area contributed by atoms with E-state index in [0.717, 1.165) is 6.42 Å².